The Bertz CT molecular complexity index is 270. The van der Waals surface area contributed by atoms with Gasteiger partial charge in [0.05, 0.1) is 11.6 Å². The quantitative estimate of drug-likeness (QED) is 0.793. The molecule has 2 heterocycles. The lowest BCUT2D eigenvalue weighted by molar-refractivity contribution is 0.0232. The highest BCUT2D eigenvalue weighted by Crippen LogP contribution is 2.34. The van der Waals surface area contributed by atoms with Gasteiger partial charge in [0.2, 0.25) is 0 Å². The van der Waals surface area contributed by atoms with Crippen LogP contribution in [-0.4, -0.2) is 66.8 Å². The summed E-state index contributed by atoms with van der Waals surface area (Å²) in [5, 5.41) is 0. The summed E-state index contributed by atoms with van der Waals surface area (Å²) in [6, 6.07) is 0.705. The van der Waals surface area contributed by atoms with Crippen LogP contribution in [0, 0.1) is 0 Å². The largest absolute Gasteiger partial charge is 0.376 e. The molecule has 2 aliphatic rings. The number of rotatable bonds is 5. The lowest BCUT2D eigenvalue weighted by atomic mass is 9.90. The van der Waals surface area contributed by atoms with Crippen LogP contribution in [0.4, 0.5) is 0 Å². The lowest BCUT2D eigenvalue weighted by Crippen LogP contribution is -2.58. The third-order valence-electron chi connectivity index (χ3n) is 5.13. The highest BCUT2D eigenvalue weighted by Gasteiger charge is 2.47. The van der Waals surface area contributed by atoms with Gasteiger partial charge in [0.25, 0.3) is 0 Å². The molecule has 2 aliphatic heterocycles. The molecule has 0 aliphatic carbocycles. The first-order valence-electron chi connectivity index (χ1n) is 7.48. The topological polar surface area (TPSA) is 41.7 Å². The Kier molecular flexibility index (Phi) is 4.64. The van der Waals surface area contributed by atoms with Crippen LogP contribution in [0.25, 0.3) is 0 Å². The maximum Gasteiger partial charge on any atom is 0.0743 e. The summed E-state index contributed by atoms with van der Waals surface area (Å²) in [6.45, 7) is 12.9. The summed E-state index contributed by atoms with van der Waals surface area (Å²) in [5.41, 5.74) is 6.19. The first kappa shape index (κ1) is 14.3. The Morgan fingerprint density at radius 1 is 1.39 bits per heavy atom. The van der Waals surface area contributed by atoms with Crippen LogP contribution in [0.15, 0.2) is 0 Å². The number of likely N-dealkylation sites (N-methyl/N-ethyl adjacent to an activating group) is 1. The van der Waals surface area contributed by atoms with E-state index in [0.717, 1.165) is 39.2 Å². The van der Waals surface area contributed by atoms with Crippen LogP contribution in [-0.2, 0) is 4.74 Å². The Balaban J connectivity index is 2.03. The summed E-state index contributed by atoms with van der Waals surface area (Å²) >= 11 is 0. The fraction of sp³-hybridized carbons (Fsp3) is 1.00. The smallest absolute Gasteiger partial charge is 0.0743 e. The molecule has 0 spiro atoms. The first-order chi connectivity index (χ1) is 8.67. The molecule has 0 radical (unpaired) electrons. The van der Waals surface area contributed by atoms with Crippen molar-refractivity contribution < 1.29 is 4.74 Å². The van der Waals surface area contributed by atoms with Crippen LogP contribution in [0.5, 0.6) is 0 Å². The predicted octanol–water partition coefficient (Wildman–Crippen LogP) is 0.909. The predicted molar refractivity (Wildman–Crippen MR) is 74.7 cm³/mol. The molecule has 3 atom stereocenters. The van der Waals surface area contributed by atoms with Crippen molar-refractivity contribution in [3.05, 3.63) is 0 Å². The summed E-state index contributed by atoms with van der Waals surface area (Å²) in [7, 11) is 0. The van der Waals surface area contributed by atoms with Crippen LogP contribution < -0.4 is 5.73 Å². The SMILES string of the molecule is CCN(CC)C1CCN(C2(CN)CCOC2C)C1. The molecule has 4 heteroatoms. The van der Waals surface area contributed by atoms with Gasteiger partial charge >= 0.3 is 0 Å². The fourth-order valence-corrected chi connectivity index (χ4v) is 3.77. The van der Waals surface area contributed by atoms with E-state index >= 15 is 0 Å². The minimum absolute atomic E-state index is 0.0991. The zero-order valence-corrected chi connectivity index (χ0v) is 12.2. The number of hydrogen-bond donors (Lipinski definition) is 1. The average molecular weight is 255 g/mol. The van der Waals surface area contributed by atoms with Crippen molar-refractivity contribution >= 4 is 0 Å². The summed E-state index contributed by atoms with van der Waals surface area (Å²) < 4.78 is 5.79. The van der Waals surface area contributed by atoms with Crippen LogP contribution in [0.3, 0.4) is 0 Å². The molecule has 106 valence electrons. The van der Waals surface area contributed by atoms with E-state index in [2.05, 4.69) is 30.6 Å². The second-order valence-electron chi connectivity index (χ2n) is 5.68. The highest BCUT2D eigenvalue weighted by molar-refractivity contribution is 5.03. The van der Waals surface area contributed by atoms with Gasteiger partial charge in [-0.1, -0.05) is 13.8 Å². The number of nitrogens with zero attached hydrogens (tertiary/aromatic N) is 2. The molecule has 0 saturated carbocycles. The van der Waals surface area contributed by atoms with E-state index in [0.29, 0.717) is 6.04 Å². The molecule has 0 aromatic heterocycles. The van der Waals surface area contributed by atoms with Crippen molar-refractivity contribution in [3.8, 4) is 0 Å². The number of likely N-dealkylation sites (tertiary alicyclic amines) is 1. The molecule has 0 aromatic carbocycles. The molecule has 18 heavy (non-hydrogen) atoms. The van der Waals surface area contributed by atoms with Gasteiger partial charge < -0.3 is 10.5 Å². The van der Waals surface area contributed by atoms with Crippen molar-refractivity contribution in [3.63, 3.8) is 0 Å². The Hall–Kier alpha value is -0.160. The van der Waals surface area contributed by atoms with Gasteiger partial charge in [0.1, 0.15) is 0 Å². The monoisotopic (exact) mass is 255 g/mol. The van der Waals surface area contributed by atoms with Gasteiger partial charge in [-0.2, -0.15) is 0 Å². The fourth-order valence-electron chi connectivity index (χ4n) is 3.77. The molecule has 2 rings (SSSR count). The second kappa shape index (κ2) is 5.87. The van der Waals surface area contributed by atoms with Gasteiger partial charge in [-0.05, 0) is 32.9 Å². The Morgan fingerprint density at radius 3 is 2.61 bits per heavy atom. The van der Waals surface area contributed by atoms with Crippen LogP contribution >= 0.6 is 0 Å². The summed E-state index contributed by atoms with van der Waals surface area (Å²) in [5.74, 6) is 0. The van der Waals surface area contributed by atoms with Crippen LogP contribution in [0.2, 0.25) is 0 Å². The Labute approximate surface area is 111 Å². The normalized spacial score (nSPS) is 37.8. The lowest BCUT2D eigenvalue weighted by Gasteiger charge is -2.40. The van der Waals surface area contributed by atoms with Crippen molar-refractivity contribution in [1.82, 2.24) is 9.80 Å². The number of nitrogens with two attached hydrogens (primary N) is 1. The first-order valence-corrected chi connectivity index (χ1v) is 7.48. The molecule has 4 nitrogen and oxygen atoms in total. The van der Waals surface area contributed by atoms with Gasteiger partial charge in [-0.15, -0.1) is 0 Å². The van der Waals surface area contributed by atoms with Gasteiger partial charge in [0.15, 0.2) is 0 Å². The molecular weight excluding hydrogens is 226 g/mol. The van der Waals surface area contributed by atoms with E-state index in [9.17, 15) is 0 Å². The maximum absolute atomic E-state index is 6.09. The van der Waals surface area contributed by atoms with Crippen LogP contribution in [0.1, 0.15) is 33.6 Å². The third-order valence-corrected chi connectivity index (χ3v) is 5.13. The zero-order valence-electron chi connectivity index (χ0n) is 12.2. The molecule has 0 amide bonds. The zero-order chi connectivity index (χ0) is 13.2. The molecule has 0 bridgehead atoms. The van der Waals surface area contributed by atoms with Crippen molar-refractivity contribution in [1.29, 1.82) is 0 Å². The minimum atomic E-state index is 0.0991. The second-order valence-corrected chi connectivity index (χ2v) is 5.68. The van der Waals surface area contributed by atoms with Crippen molar-refractivity contribution in [2.45, 2.75) is 51.3 Å². The summed E-state index contributed by atoms with van der Waals surface area (Å²) in [6.07, 6.45) is 2.64. The maximum atomic E-state index is 6.09. The molecular formula is C14H29N3O. The third kappa shape index (κ3) is 2.31. The van der Waals surface area contributed by atoms with Crippen molar-refractivity contribution in [2.24, 2.45) is 5.73 Å². The highest BCUT2D eigenvalue weighted by atomic mass is 16.5. The molecule has 3 unspecified atom stereocenters. The van der Waals surface area contributed by atoms with E-state index in [4.69, 9.17) is 10.5 Å². The van der Waals surface area contributed by atoms with E-state index in [1.54, 1.807) is 0 Å². The van der Waals surface area contributed by atoms with Gasteiger partial charge in [0, 0.05) is 32.3 Å². The Morgan fingerprint density at radius 2 is 2.11 bits per heavy atom. The molecule has 2 fully saturated rings. The summed E-state index contributed by atoms with van der Waals surface area (Å²) in [4.78, 5) is 5.18. The average Bonchev–Trinajstić information content (AvgIpc) is 2.98. The van der Waals surface area contributed by atoms with Crippen molar-refractivity contribution in [2.75, 3.05) is 39.3 Å². The van der Waals surface area contributed by atoms with Gasteiger partial charge in [-0.3, -0.25) is 9.80 Å². The van der Waals surface area contributed by atoms with Gasteiger partial charge in [-0.25, -0.2) is 0 Å². The van der Waals surface area contributed by atoms with E-state index in [-0.39, 0.29) is 11.6 Å². The van der Waals surface area contributed by atoms with E-state index in [1.165, 1.54) is 13.0 Å². The molecule has 2 N–H and O–H groups in total. The van der Waals surface area contributed by atoms with E-state index in [1.807, 2.05) is 0 Å². The van der Waals surface area contributed by atoms with E-state index < -0.39 is 0 Å². The number of ether oxygens (including phenoxy) is 1. The minimum Gasteiger partial charge on any atom is -0.376 e. The molecule has 2 saturated heterocycles. The number of hydrogen-bond acceptors (Lipinski definition) is 4. The standard InChI is InChI=1S/C14H29N3O/c1-4-16(5-2)13-6-8-17(10-13)14(11-15)7-9-18-12(14)3/h12-13H,4-11,15H2,1-3H3. The molecule has 0 aromatic rings.